The van der Waals surface area contributed by atoms with Crippen LogP contribution in [0.1, 0.15) is 51.1 Å². The number of fused-ring (bicyclic) bond motifs is 1. The molecule has 0 aliphatic carbocycles. The molecule has 2 fully saturated rings. The molecule has 41 heavy (non-hydrogen) atoms. The first-order chi connectivity index (χ1) is 19.9. The summed E-state index contributed by atoms with van der Waals surface area (Å²) < 4.78 is 20.8. The molecule has 2 aliphatic heterocycles. The van der Waals surface area contributed by atoms with E-state index in [4.69, 9.17) is 14.8 Å². The number of pyridine rings is 1. The SMILES string of the molecule is CC(=O)O[C@@H](C)C(=O)C[C@@H]1CCN(c2cccc(-c3cnc4ccc(N5CCC[C@@H]5c5cccc(F)c5)nn34)n2)C1. The summed E-state index contributed by atoms with van der Waals surface area (Å²) in [7, 11) is 0. The summed E-state index contributed by atoms with van der Waals surface area (Å²) in [6, 6.07) is 16.7. The Morgan fingerprint density at radius 2 is 1.93 bits per heavy atom. The van der Waals surface area contributed by atoms with Crippen molar-refractivity contribution >= 4 is 29.0 Å². The van der Waals surface area contributed by atoms with Gasteiger partial charge in [0, 0.05) is 33.0 Å². The van der Waals surface area contributed by atoms with Gasteiger partial charge in [-0.05, 0) is 74.1 Å². The van der Waals surface area contributed by atoms with Gasteiger partial charge >= 0.3 is 5.97 Å². The molecule has 0 N–H and O–H groups in total. The first-order valence-corrected chi connectivity index (χ1v) is 14.1. The highest BCUT2D eigenvalue weighted by Gasteiger charge is 2.29. The van der Waals surface area contributed by atoms with Crippen LogP contribution in [0, 0.1) is 11.7 Å². The highest BCUT2D eigenvalue weighted by atomic mass is 19.1. The largest absolute Gasteiger partial charge is 0.455 e. The number of aromatic nitrogens is 4. The van der Waals surface area contributed by atoms with Crippen LogP contribution in [-0.2, 0) is 14.3 Å². The van der Waals surface area contributed by atoms with E-state index in [0.29, 0.717) is 13.0 Å². The lowest BCUT2D eigenvalue weighted by Crippen LogP contribution is -2.26. The van der Waals surface area contributed by atoms with Crippen LogP contribution in [0.3, 0.4) is 0 Å². The van der Waals surface area contributed by atoms with Gasteiger partial charge < -0.3 is 14.5 Å². The van der Waals surface area contributed by atoms with Gasteiger partial charge in [0.1, 0.15) is 23.1 Å². The zero-order valence-corrected chi connectivity index (χ0v) is 23.2. The Bertz CT molecular complexity index is 1590. The van der Waals surface area contributed by atoms with Gasteiger partial charge in [-0.25, -0.2) is 18.9 Å². The number of carbonyl (C=O) groups excluding carboxylic acids is 2. The summed E-state index contributed by atoms with van der Waals surface area (Å²) in [5, 5.41) is 4.96. The van der Waals surface area contributed by atoms with Crippen molar-refractivity contribution in [3.05, 3.63) is 72.2 Å². The van der Waals surface area contributed by atoms with Crippen molar-refractivity contribution in [2.45, 2.75) is 51.7 Å². The average molecular weight is 557 g/mol. The van der Waals surface area contributed by atoms with Crippen LogP contribution in [0.4, 0.5) is 16.0 Å². The number of rotatable bonds is 8. The Morgan fingerprint density at radius 3 is 2.76 bits per heavy atom. The number of carbonyl (C=O) groups is 2. The first kappa shape index (κ1) is 26.9. The van der Waals surface area contributed by atoms with Crippen molar-refractivity contribution in [3.63, 3.8) is 0 Å². The minimum atomic E-state index is -0.722. The first-order valence-electron chi connectivity index (χ1n) is 14.1. The van der Waals surface area contributed by atoms with Gasteiger partial charge in [0.15, 0.2) is 17.5 Å². The number of nitrogens with zero attached hydrogens (tertiary/aromatic N) is 6. The summed E-state index contributed by atoms with van der Waals surface area (Å²) in [6.45, 7) is 5.29. The van der Waals surface area contributed by atoms with Crippen molar-refractivity contribution in [3.8, 4) is 11.4 Å². The maximum absolute atomic E-state index is 14.0. The van der Waals surface area contributed by atoms with Crippen molar-refractivity contribution < 1.29 is 18.7 Å². The number of esters is 1. The Labute approximate surface area is 238 Å². The summed E-state index contributed by atoms with van der Waals surface area (Å²) in [4.78, 5) is 37.6. The predicted molar refractivity (Wildman–Crippen MR) is 153 cm³/mol. The van der Waals surface area contributed by atoms with Gasteiger partial charge in [-0.15, -0.1) is 5.10 Å². The fourth-order valence-electron chi connectivity index (χ4n) is 6.01. The zero-order valence-electron chi connectivity index (χ0n) is 23.2. The molecule has 2 aliphatic rings. The maximum atomic E-state index is 14.0. The Hall–Kier alpha value is -4.34. The summed E-state index contributed by atoms with van der Waals surface area (Å²) in [5.74, 6) is 1.10. The predicted octanol–water partition coefficient (Wildman–Crippen LogP) is 5.01. The standard InChI is InChI=1S/C31H33FN6O3/c1-20(41-21(2)39)28(40)16-22-13-15-36(19-22)30-10-4-8-25(34-30)27-18-33-29-11-12-31(35-38(27)29)37-14-5-9-26(37)23-6-3-7-24(32)17-23/h3-4,6-8,10-12,17-18,20,22,26H,5,9,13-16,19H2,1-2H3/t20-,22-,26+/m0/s1. The second-order valence-electron chi connectivity index (χ2n) is 10.9. The molecular weight excluding hydrogens is 523 g/mol. The normalized spacial score (nSPS) is 19.6. The Balaban J connectivity index is 1.21. The number of hydrogen-bond donors (Lipinski definition) is 0. The number of benzene rings is 1. The van der Waals surface area contributed by atoms with Gasteiger partial charge in [0.05, 0.1) is 17.9 Å². The Kier molecular flexibility index (Phi) is 7.38. The zero-order chi connectivity index (χ0) is 28.5. The summed E-state index contributed by atoms with van der Waals surface area (Å²) >= 11 is 0. The van der Waals surface area contributed by atoms with Gasteiger partial charge in [0.25, 0.3) is 0 Å². The number of anilines is 2. The molecular formula is C31H33FN6O3. The van der Waals surface area contributed by atoms with Crippen molar-refractivity contribution in [1.29, 1.82) is 0 Å². The number of halogens is 1. The van der Waals surface area contributed by atoms with Gasteiger partial charge in [-0.2, -0.15) is 0 Å². The average Bonchev–Trinajstić information content (AvgIpc) is 3.72. The van der Waals surface area contributed by atoms with Crippen LogP contribution < -0.4 is 9.80 Å². The van der Waals surface area contributed by atoms with Crippen LogP contribution >= 0.6 is 0 Å². The van der Waals surface area contributed by atoms with E-state index in [0.717, 1.165) is 66.6 Å². The number of hydrogen-bond acceptors (Lipinski definition) is 8. The molecule has 10 heteroatoms. The second kappa shape index (κ2) is 11.3. The number of imidazole rings is 1. The molecule has 0 unspecified atom stereocenters. The molecule has 0 bridgehead atoms. The molecule has 5 heterocycles. The lowest BCUT2D eigenvalue weighted by atomic mass is 9.99. The molecule has 4 aromatic rings. The van der Waals surface area contributed by atoms with E-state index in [9.17, 15) is 14.0 Å². The summed E-state index contributed by atoms with van der Waals surface area (Å²) in [5.41, 5.74) is 3.22. The topological polar surface area (TPSA) is 92.9 Å². The van der Waals surface area contributed by atoms with E-state index < -0.39 is 12.1 Å². The van der Waals surface area contributed by atoms with Crippen LogP contribution in [0.25, 0.3) is 17.0 Å². The monoisotopic (exact) mass is 556 g/mol. The minimum absolute atomic E-state index is 0.0565. The Morgan fingerprint density at radius 1 is 1.07 bits per heavy atom. The number of ether oxygens (including phenoxy) is 1. The lowest BCUT2D eigenvalue weighted by Gasteiger charge is -2.26. The van der Waals surface area contributed by atoms with E-state index in [2.05, 4.69) is 14.8 Å². The molecule has 0 spiro atoms. The molecule has 3 aromatic heterocycles. The van der Waals surface area contributed by atoms with E-state index in [1.54, 1.807) is 25.3 Å². The molecule has 2 saturated heterocycles. The molecule has 0 radical (unpaired) electrons. The fraction of sp³-hybridized carbons (Fsp3) is 0.387. The maximum Gasteiger partial charge on any atom is 0.303 e. The molecule has 212 valence electrons. The molecule has 6 rings (SSSR count). The highest BCUT2D eigenvalue weighted by Crippen LogP contribution is 2.36. The van der Waals surface area contributed by atoms with E-state index in [1.807, 2.05) is 40.9 Å². The molecule has 3 atom stereocenters. The number of ketones is 1. The van der Waals surface area contributed by atoms with Crippen LogP contribution in [0.15, 0.2) is 60.8 Å². The highest BCUT2D eigenvalue weighted by molar-refractivity contribution is 5.85. The van der Waals surface area contributed by atoms with Crippen LogP contribution in [-0.4, -0.2) is 57.1 Å². The third-order valence-corrected chi connectivity index (χ3v) is 8.02. The third kappa shape index (κ3) is 5.64. The smallest absolute Gasteiger partial charge is 0.303 e. The van der Waals surface area contributed by atoms with Gasteiger partial charge in [-0.1, -0.05) is 18.2 Å². The van der Waals surface area contributed by atoms with Crippen LogP contribution in [0.2, 0.25) is 0 Å². The quantitative estimate of drug-likeness (QED) is 0.280. The van der Waals surface area contributed by atoms with Crippen molar-refractivity contribution in [2.75, 3.05) is 29.4 Å². The minimum Gasteiger partial charge on any atom is -0.455 e. The molecule has 9 nitrogen and oxygen atoms in total. The second-order valence-corrected chi connectivity index (χ2v) is 10.9. The van der Waals surface area contributed by atoms with Gasteiger partial charge in [0.2, 0.25) is 0 Å². The van der Waals surface area contributed by atoms with E-state index in [1.165, 1.54) is 13.0 Å². The fourth-order valence-corrected chi connectivity index (χ4v) is 6.01. The molecule has 1 aromatic carbocycles. The molecule has 0 saturated carbocycles. The van der Waals surface area contributed by atoms with Crippen LogP contribution in [0.5, 0.6) is 0 Å². The summed E-state index contributed by atoms with van der Waals surface area (Å²) in [6.07, 6.45) is 4.25. The van der Waals surface area contributed by atoms with E-state index in [-0.39, 0.29) is 23.6 Å². The lowest BCUT2D eigenvalue weighted by molar-refractivity contribution is -0.152. The van der Waals surface area contributed by atoms with E-state index >= 15 is 0 Å². The van der Waals surface area contributed by atoms with Gasteiger partial charge in [-0.3, -0.25) is 9.59 Å². The molecule has 0 amide bonds. The number of Topliss-reactive ketones (excluding diaryl/α,β-unsaturated/α-hetero) is 1. The third-order valence-electron chi connectivity index (χ3n) is 8.02. The van der Waals surface area contributed by atoms with Crippen molar-refractivity contribution in [1.82, 2.24) is 19.6 Å². The van der Waals surface area contributed by atoms with Crippen molar-refractivity contribution in [2.24, 2.45) is 5.92 Å².